The summed E-state index contributed by atoms with van der Waals surface area (Å²) in [6, 6.07) is 2.58. The number of pyridine rings is 1. The Kier molecular flexibility index (Phi) is 5.26. The highest BCUT2D eigenvalue weighted by atomic mass is 15.2. The molecule has 2 N–H and O–H groups in total. The minimum absolute atomic E-state index is 0.557. The van der Waals surface area contributed by atoms with Crippen molar-refractivity contribution < 1.29 is 0 Å². The molecule has 0 bridgehead atoms. The third kappa shape index (κ3) is 3.62. The van der Waals surface area contributed by atoms with E-state index in [0.29, 0.717) is 12.0 Å². The minimum Gasteiger partial charge on any atom is -0.396 e. The van der Waals surface area contributed by atoms with E-state index in [1.807, 2.05) is 12.3 Å². The van der Waals surface area contributed by atoms with Crippen LogP contribution in [0.3, 0.4) is 0 Å². The lowest BCUT2D eigenvalue weighted by atomic mass is 10.1. The minimum atomic E-state index is 0.557. The monoisotopic (exact) mass is 235 g/mol. The molecule has 1 heterocycles. The van der Waals surface area contributed by atoms with E-state index in [1.165, 1.54) is 0 Å². The third-order valence-corrected chi connectivity index (χ3v) is 3.08. The summed E-state index contributed by atoms with van der Waals surface area (Å²) in [4.78, 5) is 6.50. The Morgan fingerprint density at radius 3 is 2.41 bits per heavy atom. The van der Waals surface area contributed by atoms with Crippen molar-refractivity contribution in [3.63, 3.8) is 0 Å². The number of rotatable bonds is 6. The van der Waals surface area contributed by atoms with Crippen molar-refractivity contribution >= 4 is 11.4 Å². The fraction of sp³-hybridized carbons (Fsp3) is 0.643. The van der Waals surface area contributed by atoms with E-state index in [2.05, 4.69) is 37.6 Å². The molecule has 0 amide bonds. The van der Waals surface area contributed by atoms with Gasteiger partial charge in [0.15, 0.2) is 0 Å². The van der Waals surface area contributed by atoms with Crippen LogP contribution < -0.4 is 10.6 Å². The normalized spacial score (nSPS) is 11.2. The Morgan fingerprint density at radius 1 is 1.29 bits per heavy atom. The first-order valence-corrected chi connectivity index (χ1v) is 6.56. The number of aromatic nitrogens is 1. The van der Waals surface area contributed by atoms with Gasteiger partial charge >= 0.3 is 0 Å². The van der Waals surface area contributed by atoms with Crippen molar-refractivity contribution in [2.45, 2.75) is 46.6 Å². The van der Waals surface area contributed by atoms with Crippen LogP contribution in [-0.4, -0.2) is 17.6 Å². The molecule has 17 heavy (non-hydrogen) atoms. The maximum Gasteiger partial charge on any atom is 0.0738 e. The Balaban J connectivity index is 3.01. The van der Waals surface area contributed by atoms with E-state index in [0.717, 1.165) is 30.8 Å². The summed E-state index contributed by atoms with van der Waals surface area (Å²) in [6.07, 6.45) is 5.85. The van der Waals surface area contributed by atoms with Crippen LogP contribution in [0.4, 0.5) is 11.4 Å². The number of nitrogens with zero attached hydrogens (tertiary/aromatic N) is 2. The molecule has 0 atom stereocenters. The highest BCUT2D eigenvalue weighted by Gasteiger charge is 2.18. The van der Waals surface area contributed by atoms with E-state index >= 15 is 0 Å². The summed E-state index contributed by atoms with van der Waals surface area (Å²) in [5.74, 6) is 0.628. The Morgan fingerprint density at radius 2 is 1.94 bits per heavy atom. The Hall–Kier alpha value is -1.25. The van der Waals surface area contributed by atoms with Gasteiger partial charge in [0.1, 0.15) is 0 Å². The van der Waals surface area contributed by atoms with Gasteiger partial charge in [-0.15, -0.1) is 0 Å². The van der Waals surface area contributed by atoms with E-state index in [-0.39, 0.29) is 0 Å². The molecule has 1 rings (SSSR count). The third-order valence-electron chi connectivity index (χ3n) is 3.08. The molecule has 3 nitrogen and oxygen atoms in total. The van der Waals surface area contributed by atoms with Crippen molar-refractivity contribution in [2.24, 2.45) is 5.92 Å². The topological polar surface area (TPSA) is 42.2 Å². The van der Waals surface area contributed by atoms with E-state index in [4.69, 9.17) is 5.73 Å². The molecular formula is C14H25N3. The van der Waals surface area contributed by atoms with E-state index < -0.39 is 0 Å². The molecule has 0 fully saturated rings. The summed E-state index contributed by atoms with van der Waals surface area (Å²) in [5.41, 5.74) is 7.95. The number of anilines is 2. The smallest absolute Gasteiger partial charge is 0.0738 e. The quantitative estimate of drug-likeness (QED) is 0.822. The van der Waals surface area contributed by atoms with Crippen LogP contribution in [-0.2, 0) is 0 Å². The van der Waals surface area contributed by atoms with Crippen LogP contribution in [0.5, 0.6) is 0 Å². The van der Waals surface area contributed by atoms with Crippen LogP contribution in [0.15, 0.2) is 18.5 Å². The number of hydrogen-bond donors (Lipinski definition) is 1. The highest BCUT2D eigenvalue weighted by Crippen LogP contribution is 2.26. The second-order valence-corrected chi connectivity index (χ2v) is 4.95. The molecule has 0 radical (unpaired) electrons. The fourth-order valence-corrected chi connectivity index (χ4v) is 2.23. The van der Waals surface area contributed by atoms with Gasteiger partial charge in [-0.2, -0.15) is 0 Å². The maximum absolute atomic E-state index is 6.04. The lowest BCUT2D eigenvalue weighted by molar-refractivity contribution is 0.508. The van der Waals surface area contributed by atoms with E-state index in [9.17, 15) is 0 Å². The predicted octanol–water partition coefficient (Wildman–Crippen LogP) is 3.31. The van der Waals surface area contributed by atoms with Crippen LogP contribution in [0.1, 0.15) is 40.5 Å². The van der Waals surface area contributed by atoms with Gasteiger partial charge in [0.2, 0.25) is 0 Å². The SMILES string of the molecule is CCC(CC)N(CC(C)C)c1ccncc1N. The van der Waals surface area contributed by atoms with Gasteiger partial charge in [0.05, 0.1) is 17.6 Å². The number of nitrogens with two attached hydrogens (primary N) is 1. The molecule has 0 aliphatic heterocycles. The van der Waals surface area contributed by atoms with E-state index in [1.54, 1.807) is 6.20 Å². The second-order valence-electron chi connectivity index (χ2n) is 4.95. The van der Waals surface area contributed by atoms with Gasteiger partial charge in [0, 0.05) is 18.8 Å². The summed E-state index contributed by atoms with van der Waals surface area (Å²) >= 11 is 0. The van der Waals surface area contributed by atoms with Gasteiger partial charge in [-0.3, -0.25) is 4.98 Å². The highest BCUT2D eigenvalue weighted by molar-refractivity contribution is 5.66. The summed E-state index contributed by atoms with van der Waals surface area (Å²) in [7, 11) is 0. The maximum atomic E-state index is 6.04. The lowest BCUT2D eigenvalue weighted by Crippen LogP contribution is -2.37. The first kappa shape index (κ1) is 13.8. The number of hydrogen-bond acceptors (Lipinski definition) is 3. The molecule has 1 aromatic rings. The van der Waals surface area contributed by atoms with Crippen molar-refractivity contribution in [1.82, 2.24) is 4.98 Å². The molecule has 0 aromatic carbocycles. The predicted molar refractivity (Wildman–Crippen MR) is 75.2 cm³/mol. The first-order valence-electron chi connectivity index (χ1n) is 6.56. The summed E-state index contributed by atoms with van der Waals surface area (Å²) < 4.78 is 0. The van der Waals surface area contributed by atoms with Crippen LogP contribution in [0, 0.1) is 5.92 Å². The zero-order chi connectivity index (χ0) is 12.8. The van der Waals surface area contributed by atoms with Gasteiger partial charge in [-0.1, -0.05) is 27.7 Å². The molecular weight excluding hydrogens is 210 g/mol. The molecule has 0 aliphatic carbocycles. The van der Waals surface area contributed by atoms with Crippen molar-refractivity contribution in [3.8, 4) is 0 Å². The molecule has 0 aliphatic rings. The number of nitrogen functional groups attached to an aromatic ring is 1. The van der Waals surface area contributed by atoms with Crippen LogP contribution in [0.25, 0.3) is 0 Å². The Labute approximate surface area is 105 Å². The van der Waals surface area contributed by atoms with Crippen molar-refractivity contribution in [1.29, 1.82) is 0 Å². The van der Waals surface area contributed by atoms with Crippen molar-refractivity contribution in [3.05, 3.63) is 18.5 Å². The molecule has 0 saturated heterocycles. The van der Waals surface area contributed by atoms with Crippen LogP contribution >= 0.6 is 0 Å². The Bertz CT molecular complexity index is 332. The van der Waals surface area contributed by atoms with Gasteiger partial charge < -0.3 is 10.6 Å². The average molecular weight is 235 g/mol. The standard InChI is InChI=1S/C14H25N3/c1-5-12(6-2)17(10-11(3)4)14-7-8-16-9-13(14)15/h7-9,11-12H,5-6,10,15H2,1-4H3. The fourth-order valence-electron chi connectivity index (χ4n) is 2.23. The van der Waals surface area contributed by atoms with Gasteiger partial charge in [-0.05, 0) is 24.8 Å². The molecule has 0 spiro atoms. The van der Waals surface area contributed by atoms with Gasteiger partial charge in [-0.25, -0.2) is 0 Å². The molecule has 96 valence electrons. The first-order chi connectivity index (χ1) is 8.10. The second kappa shape index (κ2) is 6.48. The zero-order valence-electron chi connectivity index (χ0n) is 11.5. The van der Waals surface area contributed by atoms with Crippen LogP contribution in [0.2, 0.25) is 0 Å². The molecule has 3 heteroatoms. The molecule has 0 saturated carbocycles. The molecule has 1 aromatic heterocycles. The largest absolute Gasteiger partial charge is 0.396 e. The van der Waals surface area contributed by atoms with Gasteiger partial charge in [0.25, 0.3) is 0 Å². The zero-order valence-corrected chi connectivity index (χ0v) is 11.5. The lowest BCUT2D eigenvalue weighted by Gasteiger charge is -2.34. The average Bonchev–Trinajstić information content (AvgIpc) is 2.29. The summed E-state index contributed by atoms with van der Waals surface area (Å²) in [6.45, 7) is 10.00. The molecule has 0 unspecified atom stereocenters. The summed E-state index contributed by atoms with van der Waals surface area (Å²) in [5, 5.41) is 0. The van der Waals surface area contributed by atoms with Crippen molar-refractivity contribution in [2.75, 3.05) is 17.2 Å².